The SMILES string of the molecule is O=C(I)C(=C(O)n1ccccc1=NCc1cnc(Cl)s1)c1cc(C2=CC=C(c3ccc(Cl)nc3)NC2)cc(C(F)(F)F)c1. The van der Waals surface area contributed by atoms with Crippen molar-refractivity contribution >= 4 is 83.6 Å². The van der Waals surface area contributed by atoms with E-state index in [1.165, 1.54) is 50.8 Å². The molecule has 7 nitrogen and oxygen atoms in total. The summed E-state index contributed by atoms with van der Waals surface area (Å²) in [5.74, 6) is -0.570. The number of nitrogens with zero attached hydrogens (tertiary/aromatic N) is 4. The van der Waals surface area contributed by atoms with Gasteiger partial charge in [0.15, 0.2) is 4.47 Å². The molecule has 0 saturated heterocycles. The number of allylic oxidation sites excluding steroid dienone is 3. The van der Waals surface area contributed by atoms with Gasteiger partial charge in [-0.1, -0.05) is 35.3 Å². The van der Waals surface area contributed by atoms with Crippen LogP contribution in [0.3, 0.4) is 0 Å². The molecule has 2 N–H and O–H groups in total. The number of aliphatic hydroxyl groups is 1. The van der Waals surface area contributed by atoms with Gasteiger partial charge in [0.25, 0.3) is 0 Å². The predicted octanol–water partition coefficient (Wildman–Crippen LogP) is 7.64. The van der Waals surface area contributed by atoms with Gasteiger partial charge < -0.3 is 10.4 Å². The van der Waals surface area contributed by atoms with E-state index in [1.807, 2.05) is 0 Å². The minimum atomic E-state index is -4.71. The topological polar surface area (TPSA) is 92.4 Å². The van der Waals surface area contributed by atoms with Crippen LogP contribution in [-0.2, 0) is 17.5 Å². The fraction of sp³-hybridized carbons (Fsp3) is 0.103. The predicted molar refractivity (Wildman–Crippen MR) is 170 cm³/mol. The molecule has 0 saturated carbocycles. The van der Waals surface area contributed by atoms with E-state index in [2.05, 4.69) is 20.3 Å². The van der Waals surface area contributed by atoms with Crippen LogP contribution in [0.4, 0.5) is 13.2 Å². The van der Waals surface area contributed by atoms with Gasteiger partial charge in [0, 0.05) is 63.9 Å². The molecule has 3 aromatic heterocycles. The summed E-state index contributed by atoms with van der Waals surface area (Å²) in [4.78, 5) is 26.2. The second kappa shape index (κ2) is 13.0. The molecule has 0 aliphatic carbocycles. The highest BCUT2D eigenvalue weighted by molar-refractivity contribution is 14.1. The van der Waals surface area contributed by atoms with Crippen molar-refractivity contribution in [1.29, 1.82) is 0 Å². The number of thiazole rings is 1. The number of hydrogen-bond donors (Lipinski definition) is 2. The smallest absolute Gasteiger partial charge is 0.416 e. The largest absolute Gasteiger partial charge is 0.494 e. The summed E-state index contributed by atoms with van der Waals surface area (Å²) in [6, 6.07) is 11.6. The van der Waals surface area contributed by atoms with E-state index in [0.717, 1.165) is 28.3 Å². The fourth-order valence-electron chi connectivity index (χ4n) is 4.25. The normalized spacial score (nSPS) is 14.5. The molecule has 0 atom stereocenters. The zero-order valence-electron chi connectivity index (χ0n) is 21.7. The first kappa shape index (κ1) is 31.0. The summed E-state index contributed by atoms with van der Waals surface area (Å²) in [6.45, 7) is 0.391. The van der Waals surface area contributed by atoms with Crippen molar-refractivity contribution in [2.75, 3.05) is 6.54 Å². The van der Waals surface area contributed by atoms with E-state index in [0.29, 0.717) is 15.2 Å². The minimum Gasteiger partial charge on any atom is -0.494 e. The third-order valence-corrected chi connectivity index (χ3v) is 8.15. The Hall–Kier alpha value is -3.46. The van der Waals surface area contributed by atoms with Crippen molar-refractivity contribution in [3.63, 3.8) is 0 Å². The van der Waals surface area contributed by atoms with E-state index < -0.39 is 21.4 Å². The van der Waals surface area contributed by atoms with Gasteiger partial charge in [-0.2, -0.15) is 13.2 Å². The Morgan fingerprint density at radius 2 is 1.91 bits per heavy atom. The standard InChI is InChI=1S/C29H19Cl2F3IN5O2S/c30-23-7-5-17(13-37-23)22-6-4-16(12-36-22)18-9-19(11-20(10-18)29(32,33)34)25(26(35)41)27(42)40-8-2-1-3-24(40)38-14-21-15-39-28(31)43-21/h1-11,13,15,36,42H,12,14H2. The lowest BCUT2D eigenvalue weighted by Gasteiger charge is -2.20. The van der Waals surface area contributed by atoms with Crippen LogP contribution < -0.4 is 10.8 Å². The van der Waals surface area contributed by atoms with Crippen molar-refractivity contribution < 1.29 is 23.1 Å². The van der Waals surface area contributed by atoms with Crippen LogP contribution in [-0.4, -0.2) is 30.0 Å². The van der Waals surface area contributed by atoms with Crippen LogP contribution in [0.2, 0.25) is 9.62 Å². The zero-order valence-corrected chi connectivity index (χ0v) is 26.2. The van der Waals surface area contributed by atoms with Crippen LogP contribution in [0, 0.1) is 0 Å². The van der Waals surface area contributed by atoms with Crippen molar-refractivity contribution in [2.45, 2.75) is 12.7 Å². The molecule has 5 rings (SSSR count). The lowest BCUT2D eigenvalue weighted by molar-refractivity contribution is -0.137. The minimum absolute atomic E-state index is 0.101. The number of benzene rings is 1. The molecule has 1 aliphatic rings. The summed E-state index contributed by atoms with van der Waals surface area (Å²) < 4.78 is 43.2. The van der Waals surface area contributed by atoms with Crippen molar-refractivity contribution in [3.05, 3.63) is 122 Å². The molecule has 4 aromatic rings. The van der Waals surface area contributed by atoms with Gasteiger partial charge in [0.05, 0.1) is 17.7 Å². The lowest BCUT2D eigenvalue weighted by atomic mass is 9.94. The molecule has 220 valence electrons. The van der Waals surface area contributed by atoms with Crippen LogP contribution in [0.1, 0.15) is 27.1 Å². The van der Waals surface area contributed by atoms with Gasteiger partial charge in [-0.3, -0.25) is 14.4 Å². The first-order chi connectivity index (χ1) is 20.5. The first-order valence-corrected chi connectivity index (χ1v) is 15.1. The number of rotatable bonds is 7. The van der Waals surface area contributed by atoms with E-state index >= 15 is 0 Å². The molecular weight excluding hydrogens is 737 g/mol. The summed E-state index contributed by atoms with van der Waals surface area (Å²) in [5.41, 5.74) is 1.14. The molecule has 0 radical (unpaired) electrons. The molecule has 0 amide bonds. The van der Waals surface area contributed by atoms with Crippen molar-refractivity contribution in [3.8, 4) is 0 Å². The number of dihydropyridines is 1. The number of pyridine rings is 2. The number of aliphatic hydroxyl groups excluding tert-OH is 1. The van der Waals surface area contributed by atoms with E-state index in [-0.39, 0.29) is 35.3 Å². The highest BCUT2D eigenvalue weighted by atomic mass is 127. The molecule has 0 unspecified atom stereocenters. The third-order valence-electron chi connectivity index (χ3n) is 6.29. The molecule has 0 spiro atoms. The Balaban J connectivity index is 1.60. The maximum atomic E-state index is 14.1. The van der Waals surface area contributed by atoms with Gasteiger partial charge in [-0.05, 0) is 65.2 Å². The number of carbonyl (C=O) groups is 1. The zero-order chi connectivity index (χ0) is 30.7. The average molecular weight is 756 g/mol. The summed E-state index contributed by atoms with van der Waals surface area (Å²) in [7, 11) is 0. The van der Waals surface area contributed by atoms with Crippen LogP contribution >= 0.6 is 57.1 Å². The second-order valence-electron chi connectivity index (χ2n) is 9.09. The quantitative estimate of drug-likeness (QED) is 0.0666. The summed E-state index contributed by atoms with van der Waals surface area (Å²) >= 11 is 14.5. The maximum absolute atomic E-state index is 14.1. The highest BCUT2D eigenvalue weighted by Crippen LogP contribution is 2.36. The average Bonchev–Trinajstić information content (AvgIpc) is 3.41. The molecule has 1 aliphatic heterocycles. The van der Waals surface area contributed by atoms with Crippen molar-refractivity contribution in [2.24, 2.45) is 4.99 Å². The van der Waals surface area contributed by atoms with Gasteiger partial charge in [0.2, 0.25) is 9.67 Å². The monoisotopic (exact) mass is 755 g/mol. The Morgan fingerprint density at radius 3 is 2.53 bits per heavy atom. The number of nitrogens with one attached hydrogen (secondary N) is 1. The van der Waals surface area contributed by atoms with Gasteiger partial charge in [0.1, 0.15) is 10.6 Å². The van der Waals surface area contributed by atoms with Gasteiger partial charge in [-0.25, -0.2) is 9.97 Å². The van der Waals surface area contributed by atoms with Gasteiger partial charge in [-0.15, -0.1) is 11.3 Å². The van der Waals surface area contributed by atoms with Crippen LogP contribution in [0.25, 0.3) is 22.7 Å². The van der Waals surface area contributed by atoms with E-state index in [4.69, 9.17) is 23.2 Å². The molecule has 0 bridgehead atoms. The van der Waals surface area contributed by atoms with Crippen LogP contribution in [0.5, 0.6) is 0 Å². The molecular formula is C29H19Cl2F3IN5O2S. The number of hydrogen-bond acceptors (Lipinski definition) is 7. The number of carbonyl (C=O) groups excluding carboxylic acids is 1. The maximum Gasteiger partial charge on any atom is 0.416 e. The molecule has 1 aromatic carbocycles. The van der Waals surface area contributed by atoms with Crippen LogP contribution in [0.15, 0.2) is 84.3 Å². The molecule has 43 heavy (non-hydrogen) atoms. The number of aromatic nitrogens is 3. The number of alkyl halides is 3. The van der Waals surface area contributed by atoms with E-state index in [1.54, 1.807) is 54.9 Å². The Bertz CT molecular complexity index is 1860. The van der Waals surface area contributed by atoms with E-state index in [9.17, 15) is 23.1 Å². The Morgan fingerprint density at radius 1 is 1.09 bits per heavy atom. The summed E-state index contributed by atoms with van der Waals surface area (Å²) in [6.07, 6.45) is 3.34. The Kier molecular flexibility index (Phi) is 9.39. The number of halogens is 6. The molecule has 4 heterocycles. The highest BCUT2D eigenvalue weighted by Gasteiger charge is 2.33. The van der Waals surface area contributed by atoms with Crippen molar-refractivity contribution in [1.82, 2.24) is 19.9 Å². The lowest BCUT2D eigenvalue weighted by Crippen LogP contribution is -2.21. The molecule has 14 heteroatoms. The Labute approximate surface area is 270 Å². The summed E-state index contributed by atoms with van der Waals surface area (Å²) in [5, 5.41) is 14.9. The second-order valence-corrected chi connectivity index (χ2v) is 12.2. The fourth-order valence-corrected chi connectivity index (χ4v) is 5.82. The first-order valence-electron chi connectivity index (χ1n) is 12.4. The van der Waals surface area contributed by atoms with Gasteiger partial charge >= 0.3 is 6.18 Å². The third kappa shape index (κ3) is 7.37. The molecule has 0 fully saturated rings.